The van der Waals surface area contributed by atoms with Gasteiger partial charge in [0.2, 0.25) is 0 Å². The summed E-state index contributed by atoms with van der Waals surface area (Å²) >= 11 is 0. The van der Waals surface area contributed by atoms with Crippen LogP contribution in [-0.4, -0.2) is 23.2 Å². The molecule has 2 N–H and O–H groups in total. The molecular formula is C25H18N2O4. The quantitative estimate of drug-likeness (QED) is 0.219. The monoisotopic (exact) mass is 410 g/mol. The molecule has 4 aromatic carbocycles. The van der Waals surface area contributed by atoms with Gasteiger partial charge in [0.05, 0.1) is 17.3 Å². The van der Waals surface area contributed by atoms with Crippen molar-refractivity contribution in [1.82, 2.24) is 5.43 Å². The molecule has 0 saturated heterocycles. The van der Waals surface area contributed by atoms with E-state index in [2.05, 4.69) is 10.5 Å². The van der Waals surface area contributed by atoms with Crippen LogP contribution < -0.4 is 10.2 Å². The van der Waals surface area contributed by atoms with Crippen molar-refractivity contribution in [3.63, 3.8) is 0 Å². The number of aromatic hydroxyl groups is 1. The maximum atomic E-state index is 12.5. The maximum Gasteiger partial charge on any atom is 0.343 e. The SMILES string of the molecule is O=C(Oc1ccc2ccccc2c1/C=N\NC(=O)c1ccccc1O)c1ccccc1. The van der Waals surface area contributed by atoms with E-state index < -0.39 is 11.9 Å². The molecule has 0 unspecified atom stereocenters. The Morgan fingerprint density at radius 2 is 1.55 bits per heavy atom. The van der Waals surface area contributed by atoms with Crippen molar-refractivity contribution in [2.24, 2.45) is 5.10 Å². The average molecular weight is 410 g/mol. The van der Waals surface area contributed by atoms with Crippen molar-refractivity contribution in [3.8, 4) is 11.5 Å². The number of hydrogen-bond donors (Lipinski definition) is 2. The van der Waals surface area contributed by atoms with Gasteiger partial charge in [-0.15, -0.1) is 0 Å². The fraction of sp³-hybridized carbons (Fsp3) is 0. The minimum Gasteiger partial charge on any atom is -0.507 e. The molecule has 4 rings (SSSR count). The molecule has 6 nitrogen and oxygen atoms in total. The van der Waals surface area contributed by atoms with E-state index in [1.807, 2.05) is 36.4 Å². The lowest BCUT2D eigenvalue weighted by Gasteiger charge is -2.10. The number of benzene rings is 4. The van der Waals surface area contributed by atoms with Gasteiger partial charge in [0, 0.05) is 5.56 Å². The van der Waals surface area contributed by atoms with Crippen LogP contribution in [0.1, 0.15) is 26.3 Å². The molecule has 0 radical (unpaired) electrons. The first-order valence-corrected chi connectivity index (χ1v) is 9.54. The molecule has 0 saturated carbocycles. The fourth-order valence-electron chi connectivity index (χ4n) is 3.11. The molecule has 0 fully saturated rings. The van der Waals surface area contributed by atoms with Crippen LogP contribution in [0, 0.1) is 0 Å². The smallest absolute Gasteiger partial charge is 0.343 e. The number of fused-ring (bicyclic) bond motifs is 1. The third-order valence-electron chi connectivity index (χ3n) is 4.65. The molecule has 0 bridgehead atoms. The van der Waals surface area contributed by atoms with E-state index in [0.717, 1.165) is 10.8 Å². The number of carbonyl (C=O) groups excluding carboxylic acids is 2. The highest BCUT2D eigenvalue weighted by molar-refractivity contribution is 6.04. The Balaban J connectivity index is 1.64. The highest BCUT2D eigenvalue weighted by Gasteiger charge is 2.14. The lowest BCUT2D eigenvalue weighted by atomic mass is 10.0. The number of carbonyl (C=O) groups is 2. The van der Waals surface area contributed by atoms with Gasteiger partial charge in [0.1, 0.15) is 11.5 Å². The first-order valence-electron chi connectivity index (χ1n) is 9.54. The number of nitrogens with zero attached hydrogens (tertiary/aromatic N) is 1. The number of rotatable bonds is 5. The summed E-state index contributed by atoms with van der Waals surface area (Å²) in [6.07, 6.45) is 1.42. The van der Waals surface area contributed by atoms with E-state index >= 15 is 0 Å². The van der Waals surface area contributed by atoms with Gasteiger partial charge in [-0.1, -0.05) is 60.7 Å². The van der Waals surface area contributed by atoms with Crippen molar-refractivity contribution >= 4 is 28.9 Å². The molecule has 0 aromatic heterocycles. The van der Waals surface area contributed by atoms with Crippen LogP contribution in [0.2, 0.25) is 0 Å². The largest absolute Gasteiger partial charge is 0.507 e. The van der Waals surface area contributed by atoms with Gasteiger partial charge in [-0.3, -0.25) is 4.79 Å². The summed E-state index contributed by atoms with van der Waals surface area (Å²) in [4.78, 5) is 24.8. The molecule has 0 spiro atoms. The second kappa shape index (κ2) is 8.92. The van der Waals surface area contributed by atoms with Crippen molar-refractivity contribution in [2.75, 3.05) is 0 Å². The van der Waals surface area contributed by atoms with Crippen LogP contribution in [0.15, 0.2) is 96.1 Å². The number of ether oxygens (including phenoxy) is 1. The minimum absolute atomic E-state index is 0.105. The van der Waals surface area contributed by atoms with Crippen LogP contribution >= 0.6 is 0 Å². The molecule has 0 aliphatic heterocycles. The number of para-hydroxylation sites is 1. The number of nitrogens with one attached hydrogen (secondary N) is 1. The van der Waals surface area contributed by atoms with Crippen LogP contribution in [0.3, 0.4) is 0 Å². The van der Waals surface area contributed by atoms with Gasteiger partial charge < -0.3 is 9.84 Å². The number of hydrogen-bond acceptors (Lipinski definition) is 5. The lowest BCUT2D eigenvalue weighted by molar-refractivity contribution is 0.0734. The van der Waals surface area contributed by atoms with Crippen molar-refractivity contribution < 1.29 is 19.4 Å². The summed E-state index contributed by atoms with van der Waals surface area (Å²) in [6, 6.07) is 26.0. The fourth-order valence-corrected chi connectivity index (χ4v) is 3.11. The molecule has 0 aliphatic rings. The van der Waals surface area contributed by atoms with Gasteiger partial charge in [-0.05, 0) is 41.1 Å². The molecule has 6 heteroatoms. The number of hydrazone groups is 1. The van der Waals surface area contributed by atoms with Gasteiger partial charge in [-0.2, -0.15) is 5.10 Å². The molecule has 4 aromatic rings. The van der Waals surface area contributed by atoms with E-state index in [1.54, 1.807) is 42.5 Å². The van der Waals surface area contributed by atoms with Crippen LogP contribution in [0.4, 0.5) is 0 Å². The van der Waals surface area contributed by atoms with Crippen molar-refractivity contribution in [1.29, 1.82) is 0 Å². The zero-order chi connectivity index (χ0) is 21.6. The highest BCUT2D eigenvalue weighted by atomic mass is 16.5. The molecule has 0 aliphatic carbocycles. The summed E-state index contributed by atoms with van der Waals surface area (Å²) in [6.45, 7) is 0. The van der Waals surface area contributed by atoms with Gasteiger partial charge in [0.25, 0.3) is 5.91 Å². The molecule has 152 valence electrons. The Hall–Kier alpha value is -4.45. The van der Waals surface area contributed by atoms with Gasteiger partial charge in [-0.25, -0.2) is 10.2 Å². The van der Waals surface area contributed by atoms with Crippen molar-refractivity contribution in [2.45, 2.75) is 0 Å². The summed E-state index contributed by atoms with van der Waals surface area (Å²) < 4.78 is 5.62. The van der Waals surface area contributed by atoms with Crippen LogP contribution in [0.25, 0.3) is 10.8 Å². The molecule has 0 heterocycles. The third kappa shape index (κ3) is 4.43. The Bertz CT molecular complexity index is 1280. The zero-order valence-electron chi connectivity index (χ0n) is 16.4. The number of phenols is 1. The van der Waals surface area contributed by atoms with E-state index in [0.29, 0.717) is 16.9 Å². The molecular weight excluding hydrogens is 392 g/mol. The average Bonchev–Trinajstić information content (AvgIpc) is 2.81. The predicted molar refractivity (Wildman–Crippen MR) is 119 cm³/mol. The zero-order valence-corrected chi connectivity index (χ0v) is 16.4. The summed E-state index contributed by atoms with van der Waals surface area (Å²) in [5.74, 6) is -0.882. The van der Waals surface area contributed by atoms with E-state index in [9.17, 15) is 14.7 Å². The number of phenolic OH excluding ortho intramolecular Hbond substituents is 1. The Labute approximate surface area is 178 Å². The van der Waals surface area contributed by atoms with E-state index in [-0.39, 0.29) is 11.3 Å². The van der Waals surface area contributed by atoms with Gasteiger partial charge in [0.15, 0.2) is 0 Å². The maximum absolute atomic E-state index is 12.5. The third-order valence-corrected chi connectivity index (χ3v) is 4.65. The first-order chi connectivity index (χ1) is 15.1. The van der Waals surface area contributed by atoms with Crippen molar-refractivity contribution in [3.05, 3.63) is 108 Å². The second-order valence-corrected chi connectivity index (χ2v) is 6.67. The normalized spacial score (nSPS) is 10.8. The Kier molecular flexibility index (Phi) is 5.71. The molecule has 1 amide bonds. The summed E-state index contributed by atoms with van der Waals surface area (Å²) in [5.41, 5.74) is 3.46. The van der Waals surface area contributed by atoms with Crippen LogP contribution in [-0.2, 0) is 0 Å². The van der Waals surface area contributed by atoms with Crippen LogP contribution in [0.5, 0.6) is 11.5 Å². The standard InChI is InChI=1S/C25H18N2O4/c28-22-13-7-6-12-20(22)24(29)27-26-16-21-19-11-5-4-8-17(19)14-15-23(21)31-25(30)18-9-2-1-3-10-18/h1-16,28H,(H,27,29)/b26-16-. The molecule has 0 atom stereocenters. The highest BCUT2D eigenvalue weighted by Crippen LogP contribution is 2.27. The Morgan fingerprint density at radius 3 is 2.35 bits per heavy atom. The minimum atomic E-state index is -0.558. The van der Waals surface area contributed by atoms with E-state index in [4.69, 9.17) is 4.74 Å². The Morgan fingerprint density at radius 1 is 0.839 bits per heavy atom. The van der Waals surface area contributed by atoms with Gasteiger partial charge >= 0.3 is 5.97 Å². The first kappa shape index (κ1) is 19.8. The topological polar surface area (TPSA) is 88.0 Å². The predicted octanol–water partition coefficient (Wildman–Crippen LogP) is 4.53. The summed E-state index contributed by atoms with van der Waals surface area (Å²) in [7, 11) is 0. The van der Waals surface area contributed by atoms with E-state index in [1.165, 1.54) is 18.3 Å². The number of esters is 1. The lowest BCUT2D eigenvalue weighted by Crippen LogP contribution is -2.18. The summed E-state index contributed by atoms with van der Waals surface area (Å²) in [5, 5.41) is 15.6. The molecule has 31 heavy (non-hydrogen) atoms. The number of amides is 1. The second-order valence-electron chi connectivity index (χ2n) is 6.67.